The molecule has 1 aromatic heterocycles. The summed E-state index contributed by atoms with van der Waals surface area (Å²) in [6.07, 6.45) is 2.69. The minimum Gasteiger partial charge on any atom is -0.494 e. The van der Waals surface area contributed by atoms with Crippen molar-refractivity contribution in [3.8, 4) is 11.8 Å². The summed E-state index contributed by atoms with van der Waals surface area (Å²) in [4.78, 5) is 15.6. The molecule has 176 valence electrons. The van der Waals surface area contributed by atoms with Crippen LogP contribution in [-0.2, 0) is 6.42 Å². The summed E-state index contributed by atoms with van der Waals surface area (Å²) < 4.78 is 20.0. The number of ether oxygens (including phenoxy) is 1. The average molecular weight is 453 g/mol. The number of rotatable bonds is 6. The molecule has 0 bridgehead atoms. The topological polar surface area (TPSA) is 68.5 Å². The van der Waals surface area contributed by atoms with Gasteiger partial charge in [0.05, 0.1) is 12.3 Å². The Balaban J connectivity index is 1.42. The molecule has 0 spiro atoms. The van der Waals surface area contributed by atoms with Crippen molar-refractivity contribution in [3.05, 3.63) is 41.6 Å². The molecular formula is C25H33FN6O. The molecule has 1 saturated heterocycles. The van der Waals surface area contributed by atoms with Gasteiger partial charge in [-0.05, 0) is 30.9 Å². The first kappa shape index (κ1) is 23.2. The number of hydrogen-bond donors (Lipinski definition) is 0. The molecule has 0 saturated carbocycles. The van der Waals surface area contributed by atoms with Gasteiger partial charge in [-0.25, -0.2) is 14.4 Å². The van der Waals surface area contributed by atoms with Crippen LogP contribution in [0.15, 0.2) is 24.4 Å². The van der Waals surface area contributed by atoms with Crippen molar-refractivity contribution in [3.63, 3.8) is 0 Å². The fraction of sp³-hybridized carbons (Fsp3) is 0.560. The molecule has 0 aliphatic carbocycles. The number of hydrogen-bond acceptors (Lipinski definition) is 7. The predicted molar refractivity (Wildman–Crippen MR) is 127 cm³/mol. The lowest BCUT2D eigenvalue weighted by atomic mass is 9.95. The SMILES string of the molecule is CCOc1ccc(N2CCN(CC3Cc4cnc(C#N)nc4N3CC(C)(C)C)CC2)c(F)c1. The highest BCUT2D eigenvalue weighted by Crippen LogP contribution is 2.33. The molecule has 7 nitrogen and oxygen atoms in total. The molecule has 0 N–H and O–H groups in total. The Morgan fingerprint density at radius 2 is 1.97 bits per heavy atom. The summed E-state index contributed by atoms with van der Waals surface area (Å²) in [5, 5.41) is 9.25. The van der Waals surface area contributed by atoms with Gasteiger partial charge in [-0.3, -0.25) is 4.90 Å². The smallest absolute Gasteiger partial charge is 0.234 e. The lowest BCUT2D eigenvalue weighted by molar-refractivity contribution is 0.235. The summed E-state index contributed by atoms with van der Waals surface area (Å²) in [6, 6.07) is 7.49. The van der Waals surface area contributed by atoms with Gasteiger partial charge < -0.3 is 14.5 Å². The fourth-order valence-electron chi connectivity index (χ4n) is 4.73. The normalized spacial score (nSPS) is 18.8. The van der Waals surface area contributed by atoms with Gasteiger partial charge in [-0.15, -0.1) is 0 Å². The second-order valence-electron chi connectivity index (χ2n) is 10.0. The lowest BCUT2D eigenvalue weighted by Gasteiger charge is -2.40. The van der Waals surface area contributed by atoms with E-state index in [-0.39, 0.29) is 23.1 Å². The second-order valence-corrected chi connectivity index (χ2v) is 10.0. The number of fused-ring (bicyclic) bond motifs is 1. The number of aromatic nitrogens is 2. The highest BCUT2D eigenvalue weighted by atomic mass is 19.1. The quantitative estimate of drug-likeness (QED) is 0.665. The highest BCUT2D eigenvalue weighted by Gasteiger charge is 2.35. The van der Waals surface area contributed by atoms with Crippen molar-refractivity contribution in [2.45, 2.75) is 40.2 Å². The zero-order valence-electron chi connectivity index (χ0n) is 20.0. The minimum absolute atomic E-state index is 0.0987. The fourth-order valence-corrected chi connectivity index (χ4v) is 4.73. The van der Waals surface area contributed by atoms with Crippen LogP contribution in [0.2, 0.25) is 0 Å². The van der Waals surface area contributed by atoms with Gasteiger partial charge in [0, 0.05) is 63.1 Å². The van der Waals surface area contributed by atoms with Crippen LogP contribution in [0.3, 0.4) is 0 Å². The Bertz CT molecular complexity index is 1020. The summed E-state index contributed by atoms with van der Waals surface area (Å²) >= 11 is 0. The average Bonchev–Trinajstić information content (AvgIpc) is 3.09. The molecule has 4 rings (SSSR count). The van der Waals surface area contributed by atoms with Gasteiger partial charge in [-0.2, -0.15) is 5.26 Å². The second kappa shape index (κ2) is 9.52. The van der Waals surface area contributed by atoms with Gasteiger partial charge in [0.1, 0.15) is 23.5 Å². The first-order chi connectivity index (χ1) is 15.8. The van der Waals surface area contributed by atoms with E-state index < -0.39 is 0 Å². The molecule has 0 radical (unpaired) electrons. The minimum atomic E-state index is -0.233. The molecule has 8 heteroatoms. The standard InChI is InChI=1S/C25H33FN6O/c1-5-33-20-6-7-22(21(26)13-20)31-10-8-30(9-11-31)16-19-12-18-15-28-23(14-27)29-24(18)32(19)17-25(2,3)4/h6-7,13,15,19H,5,8-12,16-17H2,1-4H3. The molecule has 2 aromatic rings. The van der Waals surface area contributed by atoms with Crippen LogP contribution in [-0.4, -0.2) is 66.8 Å². The van der Waals surface area contributed by atoms with Crippen LogP contribution >= 0.6 is 0 Å². The number of nitriles is 1. The summed E-state index contributed by atoms with van der Waals surface area (Å²) in [7, 11) is 0. The number of benzene rings is 1. The summed E-state index contributed by atoms with van der Waals surface area (Å²) in [5.74, 6) is 1.46. The molecule has 2 aliphatic rings. The lowest BCUT2D eigenvalue weighted by Crippen LogP contribution is -2.52. The third-order valence-corrected chi connectivity index (χ3v) is 6.17. The van der Waals surface area contributed by atoms with Crippen LogP contribution in [0.25, 0.3) is 0 Å². The predicted octanol–water partition coefficient (Wildman–Crippen LogP) is 3.49. The maximum atomic E-state index is 14.6. The third kappa shape index (κ3) is 5.36. The van der Waals surface area contributed by atoms with Crippen molar-refractivity contribution in [1.29, 1.82) is 5.26 Å². The number of piperazine rings is 1. The Morgan fingerprint density at radius 3 is 2.61 bits per heavy atom. The van der Waals surface area contributed by atoms with Crippen molar-refractivity contribution in [2.75, 3.05) is 55.7 Å². The van der Waals surface area contributed by atoms with Gasteiger partial charge in [0.15, 0.2) is 0 Å². The van der Waals surface area contributed by atoms with Crippen LogP contribution in [0, 0.1) is 22.6 Å². The number of halogens is 1. The maximum absolute atomic E-state index is 14.6. The Hall–Kier alpha value is -2.92. The molecular weight excluding hydrogens is 419 g/mol. The summed E-state index contributed by atoms with van der Waals surface area (Å²) in [6.45, 7) is 14.2. The van der Waals surface area contributed by atoms with Crippen molar-refractivity contribution >= 4 is 11.5 Å². The zero-order valence-corrected chi connectivity index (χ0v) is 20.0. The van der Waals surface area contributed by atoms with E-state index in [0.29, 0.717) is 18.0 Å². The zero-order chi connectivity index (χ0) is 23.6. The van der Waals surface area contributed by atoms with E-state index in [1.807, 2.05) is 25.3 Å². The van der Waals surface area contributed by atoms with Crippen LogP contribution in [0.4, 0.5) is 15.9 Å². The van der Waals surface area contributed by atoms with E-state index in [1.165, 1.54) is 6.07 Å². The highest BCUT2D eigenvalue weighted by molar-refractivity contribution is 5.54. The largest absolute Gasteiger partial charge is 0.494 e. The van der Waals surface area contributed by atoms with Crippen LogP contribution in [0.1, 0.15) is 39.1 Å². The van der Waals surface area contributed by atoms with Gasteiger partial charge >= 0.3 is 0 Å². The molecule has 1 fully saturated rings. The Morgan fingerprint density at radius 1 is 1.21 bits per heavy atom. The van der Waals surface area contributed by atoms with E-state index in [2.05, 4.69) is 51.5 Å². The van der Waals surface area contributed by atoms with E-state index in [1.54, 1.807) is 0 Å². The molecule has 1 atom stereocenters. The van der Waals surface area contributed by atoms with Crippen molar-refractivity contribution in [1.82, 2.24) is 14.9 Å². The number of nitrogens with zero attached hydrogens (tertiary/aromatic N) is 6. The number of anilines is 2. The van der Waals surface area contributed by atoms with E-state index >= 15 is 0 Å². The Labute approximate surface area is 195 Å². The molecule has 1 aromatic carbocycles. The van der Waals surface area contributed by atoms with Crippen molar-refractivity contribution in [2.24, 2.45) is 5.41 Å². The van der Waals surface area contributed by atoms with E-state index in [4.69, 9.17) is 4.74 Å². The maximum Gasteiger partial charge on any atom is 0.234 e. The van der Waals surface area contributed by atoms with Crippen LogP contribution < -0.4 is 14.5 Å². The monoisotopic (exact) mass is 452 g/mol. The molecule has 2 aliphatic heterocycles. The van der Waals surface area contributed by atoms with Crippen molar-refractivity contribution < 1.29 is 9.13 Å². The molecule has 0 amide bonds. The molecule has 1 unspecified atom stereocenters. The van der Waals surface area contributed by atoms with E-state index in [9.17, 15) is 9.65 Å². The summed E-state index contributed by atoms with van der Waals surface area (Å²) in [5.41, 5.74) is 1.85. The molecule has 33 heavy (non-hydrogen) atoms. The third-order valence-electron chi connectivity index (χ3n) is 6.17. The van der Waals surface area contributed by atoms with Gasteiger partial charge in [-0.1, -0.05) is 20.8 Å². The molecule has 3 heterocycles. The van der Waals surface area contributed by atoms with E-state index in [0.717, 1.165) is 57.1 Å². The van der Waals surface area contributed by atoms with Gasteiger partial charge in [0.2, 0.25) is 5.82 Å². The van der Waals surface area contributed by atoms with Gasteiger partial charge in [0.25, 0.3) is 0 Å². The van der Waals surface area contributed by atoms with Crippen LogP contribution in [0.5, 0.6) is 5.75 Å². The first-order valence-electron chi connectivity index (χ1n) is 11.7. The Kier molecular flexibility index (Phi) is 6.71. The first-order valence-corrected chi connectivity index (χ1v) is 11.7.